The molecule has 1 heterocycles. The zero-order chi connectivity index (χ0) is 14.5. The van der Waals surface area contributed by atoms with Crippen molar-refractivity contribution in [2.45, 2.75) is 25.5 Å². The largest absolute Gasteiger partial charge is 0.497 e. The monoisotopic (exact) mass is 279 g/mol. The molecule has 0 saturated carbocycles. The van der Waals surface area contributed by atoms with Crippen LogP contribution in [0.3, 0.4) is 0 Å². The molecule has 0 unspecified atom stereocenters. The lowest BCUT2D eigenvalue weighted by atomic mass is 10.0. The zero-order valence-corrected chi connectivity index (χ0v) is 11.8. The predicted molar refractivity (Wildman–Crippen MR) is 77.2 cm³/mol. The number of aryl methyl sites for hydroxylation is 1. The second kappa shape index (κ2) is 6.58. The number of hydrogen-bond acceptors (Lipinski definition) is 4. The molecule has 2 atom stereocenters. The number of aliphatic hydroxyl groups is 1. The molecule has 0 aliphatic carbocycles. The lowest BCUT2D eigenvalue weighted by Crippen LogP contribution is -2.54. The highest BCUT2D eigenvalue weighted by Crippen LogP contribution is 2.21. The van der Waals surface area contributed by atoms with Crippen LogP contribution in [0, 0.1) is 6.92 Å². The van der Waals surface area contributed by atoms with Crippen molar-refractivity contribution >= 4 is 11.7 Å². The first-order valence-electron chi connectivity index (χ1n) is 6.71. The summed E-state index contributed by atoms with van der Waals surface area (Å²) in [5, 5.41) is 18.5. The van der Waals surface area contributed by atoms with Crippen LogP contribution in [-0.2, 0) is 0 Å². The number of rotatable bonds is 3. The summed E-state index contributed by atoms with van der Waals surface area (Å²) in [4.78, 5) is 12.0. The van der Waals surface area contributed by atoms with Gasteiger partial charge in [0.05, 0.1) is 19.3 Å². The maximum atomic E-state index is 12.0. The van der Waals surface area contributed by atoms with E-state index >= 15 is 0 Å². The number of anilines is 1. The number of carbonyl (C=O) groups excluding carboxylic acids is 1. The molecule has 2 rings (SSSR count). The van der Waals surface area contributed by atoms with Crippen LogP contribution in [-0.4, -0.2) is 43.5 Å². The third-order valence-corrected chi connectivity index (χ3v) is 3.46. The van der Waals surface area contributed by atoms with Gasteiger partial charge < -0.3 is 25.8 Å². The number of aliphatic hydroxyl groups excluding tert-OH is 1. The summed E-state index contributed by atoms with van der Waals surface area (Å²) < 4.78 is 5.14. The summed E-state index contributed by atoms with van der Waals surface area (Å²) in [5.74, 6) is 0.685. The Labute approximate surface area is 118 Å². The highest BCUT2D eigenvalue weighted by Gasteiger charge is 2.24. The molecule has 20 heavy (non-hydrogen) atoms. The Kier molecular flexibility index (Phi) is 4.81. The molecule has 6 heteroatoms. The summed E-state index contributed by atoms with van der Waals surface area (Å²) in [6.07, 6.45) is 0.136. The number of urea groups is 1. The average Bonchev–Trinajstić information content (AvgIpc) is 2.44. The van der Waals surface area contributed by atoms with Gasteiger partial charge in [-0.15, -0.1) is 0 Å². The first-order chi connectivity index (χ1) is 9.60. The number of ether oxygens (including phenoxy) is 1. The lowest BCUT2D eigenvalue weighted by Gasteiger charge is -2.29. The van der Waals surface area contributed by atoms with Gasteiger partial charge in [0.2, 0.25) is 0 Å². The zero-order valence-electron chi connectivity index (χ0n) is 11.8. The summed E-state index contributed by atoms with van der Waals surface area (Å²) in [6, 6.07) is 4.90. The molecule has 0 spiro atoms. The Morgan fingerprint density at radius 1 is 1.50 bits per heavy atom. The van der Waals surface area contributed by atoms with Crippen LogP contribution in [0.2, 0.25) is 0 Å². The standard InChI is InChI=1S/C14H21N3O3/c1-9-3-4-10(20-2)7-11(9)16-14(19)17-12-8-15-6-5-13(12)18/h3-4,7,12-13,15,18H,5-6,8H2,1-2H3,(H2,16,17,19)/t12-,13-/m1/s1. The second-order valence-electron chi connectivity index (χ2n) is 4.95. The van der Waals surface area contributed by atoms with Crippen molar-refractivity contribution in [2.24, 2.45) is 0 Å². The molecule has 0 aromatic heterocycles. The fraction of sp³-hybridized carbons (Fsp3) is 0.500. The number of hydrogen-bond donors (Lipinski definition) is 4. The first kappa shape index (κ1) is 14.6. The number of amides is 2. The normalized spacial score (nSPS) is 22.1. The summed E-state index contributed by atoms with van der Waals surface area (Å²) in [5.41, 5.74) is 1.64. The van der Waals surface area contributed by atoms with Gasteiger partial charge in [0.25, 0.3) is 0 Å². The SMILES string of the molecule is COc1ccc(C)c(NC(=O)N[C@@H]2CNCC[C@H]2O)c1. The van der Waals surface area contributed by atoms with Crippen molar-refractivity contribution in [1.82, 2.24) is 10.6 Å². The predicted octanol–water partition coefficient (Wildman–Crippen LogP) is 0.848. The van der Waals surface area contributed by atoms with E-state index in [4.69, 9.17) is 4.74 Å². The number of benzene rings is 1. The molecule has 1 saturated heterocycles. The van der Waals surface area contributed by atoms with Crippen LogP contribution < -0.4 is 20.7 Å². The highest BCUT2D eigenvalue weighted by atomic mass is 16.5. The fourth-order valence-electron chi connectivity index (χ4n) is 2.18. The van der Waals surface area contributed by atoms with E-state index in [0.29, 0.717) is 24.4 Å². The summed E-state index contributed by atoms with van der Waals surface area (Å²) >= 11 is 0. The Hall–Kier alpha value is -1.79. The molecule has 1 aromatic carbocycles. The quantitative estimate of drug-likeness (QED) is 0.661. The van der Waals surface area contributed by atoms with Crippen LogP contribution in [0.5, 0.6) is 5.75 Å². The van der Waals surface area contributed by atoms with Gasteiger partial charge in [0.1, 0.15) is 5.75 Å². The highest BCUT2D eigenvalue weighted by molar-refractivity contribution is 5.90. The Balaban J connectivity index is 1.97. The van der Waals surface area contributed by atoms with E-state index in [2.05, 4.69) is 16.0 Å². The lowest BCUT2D eigenvalue weighted by molar-refractivity contribution is 0.103. The molecule has 1 aliphatic rings. The van der Waals surface area contributed by atoms with Crippen LogP contribution in [0.4, 0.5) is 10.5 Å². The van der Waals surface area contributed by atoms with E-state index in [1.807, 2.05) is 19.1 Å². The van der Waals surface area contributed by atoms with Crippen molar-refractivity contribution in [3.8, 4) is 5.75 Å². The van der Waals surface area contributed by atoms with Crippen molar-refractivity contribution in [3.05, 3.63) is 23.8 Å². The van der Waals surface area contributed by atoms with Crippen molar-refractivity contribution in [2.75, 3.05) is 25.5 Å². The van der Waals surface area contributed by atoms with Gasteiger partial charge in [-0.25, -0.2) is 4.79 Å². The molecular formula is C14H21N3O3. The minimum atomic E-state index is -0.506. The molecule has 2 amide bonds. The summed E-state index contributed by atoms with van der Waals surface area (Å²) in [7, 11) is 1.58. The van der Waals surface area contributed by atoms with E-state index in [1.165, 1.54) is 0 Å². The van der Waals surface area contributed by atoms with Crippen LogP contribution in [0.1, 0.15) is 12.0 Å². The molecule has 1 aliphatic heterocycles. The van der Waals surface area contributed by atoms with E-state index in [-0.39, 0.29) is 12.1 Å². The van der Waals surface area contributed by atoms with E-state index in [1.54, 1.807) is 13.2 Å². The van der Waals surface area contributed by atoms with Crippen molar-refractivity contribution in [1.29, 1.82) is 0 Å². The number of carbonyl (C=O) groups is 1. The van der Waals surface area contributed by atoms with Crippen LogP contribution in [0.15, 0.2) is 18.2 Å². The molecule has 6 nitrogen and oxygen atoms in total. The van der Waals surface area contributed by atoms with Crippen molar-refractivity contribution in [3.63, 3.8) is 0 Å². The van der Waals surface area contributed by atoms with Gasteiger partial charge in [0, 0.05) is 18.3 Å². The minimum Gasteiger partial charge on any atom is -0.497 e. The maximum absolute atomic E-state index is 12.0. The topological polar surface area (TPSA) is 82.6 Å². The van der Waals surface area contributed by atoms with Gasteiger partial charge in [-0.3, -0.25) is 0 Å². The molecule has 0 radical (unpaired) electrons. The van der Waals surface area contributed by atoms with E-state index < -0.39 is 6.10 Å². The van der Waals surface area contributed by atoms with Crippen LogP contribution in [0.25, 0.3) is 0 Å². The molecular weight excluding hydrogens is 258 g/mol. The fourth-order valence-corrected chi connectivity index (χ4v) is 2.18. The number of methoxy groups -OCH3 is 1. The van der Waals surface area contributed by atoms with E-state index in [9.17, 15) is 9.90 Å². The van der Waals surface area contributed by atoms with Gasteiger partial charge in [-0.05, 0) is 31.5 Å². The Morgan fingerprint density at radius 2 is 2.30 bits per heavy atom. The third kappa shape index (κ3) is 3.61. The number of nitrogens with one attached hydrogen (secondary N) is 3. The maximum Gasteiger partial charge on any atom is 0.319 e. The summed E-state index contributed by atoms with van der Waals surface area (Å²) in [6.45, 7) is 3.26. The Bertz CT molecular complexity index is 479. The van der Waals surface area contributed by atoms with Crippen molar-refractivity contribution < 1.29 is 14.6 Å². The molecule has 1 fully saturated rings. The van der Waals surface area contributed by atoms with Gasteiger partial charge in [-0.1, -0.05) is 6.07 Å². The van der Waals surface area contributed by atoms with Gasteiger partial charge >= 0.3 is 6.03 Å². The Morgan fingerprint density at radius 3 is 3.00 bits per heavy atom. The number of piperidine rings is 1. The average molecular weight is 279 g/mol. The van der Waals surface area contributed by atoms with Crippen LogP contribution >= 0.6 is 0 Å². The molecule has 4 N–H and O–H groups in total. The first-order valence-corrected chi connectivity index (χ1v) is 6.71. The minimum absolute atomic E-state index is 0.269. The second-order valence-corrected chi connectivity index (χ2v) is 4.95. The molecule has 110 valence electrons. The van der Waals surface area contributed by atoms with E-state index in [0.717, 1.165) is 12.1 Å². The third-order valence-electron chi connectivity index (χ3n) is 3.46. The van der Waals surface area contributed by atoms with Gasteiger partial charge in [-0.2, -0.15) is 0 Å². The van der Waals surface area contributed by atoms with Gasteiger partial charge in [0.15, 0.2) is 0 Å². The molecule has 1 aromatic rings. The smallest absolute Gasteiger partial charge is 0.319 e. The molecule has 0 bridgehead atoms.